The molecule has 1 aromatic carbocycles. The third-order valence-electron chi connectivity index (χ3n) is 3.37. The summed E-state index contributed by atoms with van der Waals surface area (Å²) in [5.41, 5.74) is 1.56. The van der Waals surface area contributed by atoms with Crippen LogP contribution < -0.4 is 9.64 Å². The van der Waals surface area contributed by atoms with Gasteiger partial charge in [-0.15, -0.1) is 0 Å². The van der Waals surface area contributed by atoms with Gasteiger partial charge in [-0.25, -0.2) is 8.42 Å². The van der Waals surface area contributed by atoms with Gasteiger partial charge in [0.1, 0.15) is 5.75 Å². The summed E-state index contributed by atoms with van der Waals surface area (Å²) in [4.78, 5) is 1.99. The second-order valence-electron chi connectivity index (χ2n) is 4.71. The van der Waals surface area contributed by atoms with Crippen molar-refractivity contribution in [3.05, 3.63) is 23.8 Å². The van der Waals surface area contributed by atoms with Crippen molar-refractivity contribution < 1.29 is 18.3 Å². The number of methoxy groups -OCH3 is 1. The van der Waals surface area contributed by atoms with E-state index in [0.717, 1.165) is 5.69 Å². The third-order valence-corrected chi connectivity index (χ3v) is 4.98. The predicted octanol–water partition coefficient (Wildman–Crippen LogP) is 0.983. The van der Waals surface area contributed by atoms with E-state index < -0.39 is 15.9 Å². The topological polar surface area (TPSA) is 66.8 Å². The molecule has 1 aromatic rings. The Morgan fingerprint density at radius 1 is 1.32 bits per heavy atom. The van der Waals surface area contributed by atoms with Gasteiger partial charge in [0.2, 0.25) is 0 Å². The molecule has 6 heteroatoms. The van der Waals surface area contributed by atoms with Crippen molar-refractivity contribution >= 4 is 15.5 Å². The number of anilines is 1. The van der Waals surface area contributed by atoms with Crippen molar-refractivity contribution in [1.29, 1.82) is 0 Å². The first-order chi connectivity index (χ1) is 8.94. The highest BCUT2D eigenvalue weighted by molar-refractivity contribution is 7.91. The van der Waals surface area contributed by atoms with E-state index in [-0.39, 0.29) is 11.5 Å². The smallest absolute Gasteiger partial charge is 0.153 e. The third kappa shape index (κ3) is 3.01. The largest absolute Gasteiger partial charge is 0.496 e. The summed E-state index contributed by atoms with van der Waals surface area (Å²) in [5, 5.41) is 9.92. The molecule has 1 saturated heterocycles. The second-order valence-corrected chi connectivity index (χ2v) is 7.01. The molecule has 0 radical (unpaired) electrons. The molecule has 1 aliphatic heterocycles. The fourth-order valence-corrected chi connectivity index (χ4v) is 3.56. The Morgan fingerprint density at radius 3 is 2.47 bits per heavy atom. The van der Waals surface area contributed by atoms with Gasteiger partial charge in [-0.05, 0) is 19.1 Å². The summed E-state index contributed by atoms with van der Waals surface area (Å²) in [7, 11) is -1.35. The Kier molecular flexibility index (Phi) is 4.01. The summed E-state index contributed by atoms with van der Waals surface area (Å²) < 4.78 is 28.2. The molecule has 5 nitrogen and oxygen atoms in total. The van der Waals surface area contributed by atoms with Crippen molar-refractivity contribution in [3.8, 4) is 5.75 Å². The SMILES string of the molecule is COc1cccc(N2CCS(=O)(=O)CC2)c1[C@H](C)O. The van der Waals surface area contributed by atoms with E-state index in [4.69, 9.17) is 4.74 Å². The number of benzene rings is 1. The first-order valence-electron chi connectivity index (χ1n) is 6.25. The average molecular weight is 285 g/mol. The molecule has 0 unspecified atom stereocenters. The standard InChI is InChI=1S/C13H19NO4S/c1-10(15)13-11(4-3-5-12(13)18-2)14-6-8-19(16,17)9-7-14/h3-5,10,15H,6-9H2,1-2H3/t10-/m0/s1. The fraction of sp³-hybridized carbons (Fsp3) is 0.538. The van der Waals surface area contributed by atoms with Crippen LogP contribution in [0.1, 0.15) is 18.6 Å². The fourth-order valence-electron chi connectivity index (χ4n) is 2.36. The van der Waals surface area contributed by atoms with E-state index >= 15 is 0 Å². The number of sulfone groups is 1. The molecular formula is C13H19NO4S. The van der Waals surface area contributed by atoms with Gasteiger partial charge in [0.15, 0.2) is 9.84 Å². The van der Waals surface area contributed by atoms with E-state index in [2.05, 4.69) is 0 Å². The Hall–Kier alpha value is -1.27. The van der Waals surface area contributed by atoms with Crippen molar-refractivity contribution in [2.45, 2.75) is 13.0 Å². The summed E-state index contributed by atoms with van der Waals surface area (Å²) >= 11 is 0. The molecule has 1 fully saturated rings. The Morgan fingerprint density at radius 2 is 1.95 bits per heavy atom. The highest BCUT2D eigenvalue weighted by atomic mass is 32.2. The molecule has 0 aliphatic carbocycles. The quantitative estimate of drug-likeness (QED) is 0.897. The number of aliphatic hydroxyl groups is 1. The Bertz CT molecular complexity index is 540. The van der Waals surface area contributed by atoms with Crippen LogP contribution in [-0.4, -0.2) is 45.2 Å². The minimum atomic E-state index is -2.91. The van der Waals surface area contributed by atoms with Crippen LogP contribution in [0, 0.1) is 0 Å². The lowest BCUT2D eigenvalue weighted by Gasteiger charge is -2.31. The maximum Gasteiger partial charge on any atom is 0.153 e. The Labute approximate surface area is 113 Å². The summed E-state index contributed by atoms with van der Waals surface area (Å²) in [6.07, 6.45) is -0.662. The van der Waals surface area contributed by atoms with E-state index in [1.807, 2.05) is 17.0 Å². The minimum absolute atomic E-state index is 0.156. The van der Waals surface area contributed by atoms with Gasteiger partial charge in [-0.3, -0.25) is 0 Å². The molecule has 1 atom stereocenters. The number of ether oxygens (including phenoxy) is 1. The van der Waals surface area contributed by atoms with Gasteiger partial charge in [-0.1, -0.05) is 6.07 Å². The van der Waals surface area contributed by atoms with Crippen LogP contribution in [-0.2, 0) is 9.84 Å². The highest BCUT2D eigenvalue weighted by Crippen LogP contribution is 2.35. The van der Waals surface area contributed by atoms with Crippen LogP contribution in [0.5, 0.6) is 5.75 Å². The first-order valence-corrected chi connectivity index (χ1v) is 8.07. The van der Waals surface area contributed by atoms with E-state index in [0.29, 0.717) is 24.4 Å². The Balaban J connectivity index is 2.35. The molecule has 19 heavy (non-hydrogen) atoms. The molecular weight excluding hydrogens is 266 g/mol. The van der Waals surface area contributed by atoms with Crippen LogP contribution in [0.3, 0.4) is 0 Å². The molecule has 0 spiro atoms. The number of aliphatic hydroxyl groups excluding tert-OH is 1. The zero-order chi connectivity index (χ0) is 14.0. The van der Waals surface area contributed by atoms with Gasteiger partial charge in [0.05, 0.1) is 24.7 Å². The molecule has 0 saturated carbocycles. The maximum absolute atomic E-state index is 11.5. The molecule has 1 N–H and O–H groups in total. The number of rotatable bonds is 3. The lowest BCUT2D eigenvalue weighted by Crippen LogP contribution is -2.40. The van der Waals surface area contributed by atoms with Crippen LogP contribution in [0.2, 0.25) is 0 Å². The normalized spacial score (nSPS) is 20.1. The van der Waals surface area contributed by atoms with Crippen LogP contribution >= 0.6 is 0 Å². The lowest BCUT2D eigenvalue weighted by atomic mass is 10.1. The molecule has 0 amide bonds. The molecule has 1 heterocycles. The van der Waals surface area contributed by atoms with Gasteiger partial charge < -0.3 is 14.7 Å². The van der Waals surface area contributed by atoms with Gasteiger partial charge in [-0.2, -0.15) is 0 Å². The van der Waals surface area contributed by atoms with Gasteiger partial charge >= 0.3 is 0 Å². The molecule has 1 aliphatic rings. The minimum Gasteiger partial charge on any atom is -0.496 e. The second kappa shape index (κ2) is 5.38. The van der Waals surface area contributed by atoms with E-state index in [9.17, 15) is 13.5 Å². The maximum atomic E-state index is 11.5. The molecule has 0 bridgehead atoms. The summed E-state index contributed by atoms with van der Waals surface area (Å²) in [6, 6.07) is 5.54. The number of nitrogens with zero attached hydrogens (tertiary/aromatic N) is 1. The van der Waals surface area contributed by atoms with Gasteiger partial charge in [0.25, 0.3) is 0 Å². The van der Waals surface area contributed by atoms with Crippen molar-refractivity contribution in [2.24, 2.45) is 0 Å². The van der Waals surface area contributed by atoms with E-state index in [1.54, 1.807) is 20.1 Å². The van der Waals surface area contributed by atoms with Crippen molar-refractivity contribution in [2.75, 3.05) is 36.6 Å². The van der Waals surface area contributed by atoms with Crippen LogP contribution in [0.4, 0.5) is 5.69 Å². The average Bonchev–Trinajstić information content (AvgIpc) is 2.37. The van der Waals surface area contributed by atoms with Crippen molar-refractivity contribution in [3.63, 3.8) is 0 Å². The van der Waals surface area contributed by atoms with Crippen molar-refractivity contribution in [1.82, 2.24) is 0 Å². The summed E-state index contributed by atoms with van der Waals surface area (Å²) in [5.74, 6) is 0.938. The number of hydrogen-bond donors (Lipinski definition) is 1. The van der Waals surface area contributed by atoms with Crippen LogP contribution in [0.25, 0.3) is 0 Å². The monoisotopic (exact) mass is 285 g/mol. The van der Waals surface area contributed by atoms with E-state index in [1.165, 1.54) is 0 Å². The zero-order valence-electron chi connectivity index (χ0n) is 11.2. The van der Waals surface area contributed by atoms with Crippen LogP contribution in [0.15, 0.2) is 18.2 Å². The predicted molar refractivity (Wildman–Crippen MR) is 74.5 cm³/mol. The molecule has 106 valence electrons. The van der Waals surface area contributed by atoms with Gasteiger partial charge in [0, 0.05) is 24.3 Å². The molecule has 0 aromatic heterocycles. The molecule has 2 rings (SSSR count). The highest BCUT2D eigenvalue weighted by Gasteiger charge is 2.25. The lowest BCUT2D eigenvalue weighted by molar-refractivity contribution is 0.194. The number of hydrogen-bond acceptors (Lipinski definition) is 5. The summed E-state index contributed by atoms with van der Waals surface area (Å²) in [6.45, 7) is 2.59. The first kappa shape index (κ1) is 14.1. The zero-order valence-corrected chi connectivity index (χ0v) is 12.0.